The number of aryl methyl sites for hydroxylation is 3. The Bertz CT molecular complexity index is 762. The van der Waals surface area contributed by atoms with Crippen LogP contribution in [0.25, 0.3) is 0 Å². The molecule has 1 atom stereocenters. The van der Waals surface area contributed by atoms with Crippen LogP contribution in [0.5, 0.6) is 5.75 Å². The molecule has 1 amide bonds. The van der Waals surface area contributed by atoms with Crippen molar-refractivity contribution in [2.24, 2.45) is 5.73 Å². The summed E-state index contributed by atoms with van der Waals surface area (Å²) in [6, 6.07) is 11.6. The Morgan fingerprint density at radius 1 is 1.24 bits per heavy atom. The highest BCUT2D eigenvalue weighted by Crippen LogP contribution is 2.28. The number of hydrogen-bond donors (Lipinski definition) is 1. The number of ether oxygens (including phenoxy) is 1. The summed E-state index contributed by atoms with van der Waals surface area (Å²) in [5.41, 5.74) is 11.9. The topological polar surface area (TPSA) is 55.6 Å². The Morgan fingerprint density at radius 2 is 1.92 bits per heavy atom. The zero-order chi connectivity index (χ0) is 18.0. The second kappa shape index (κ2) is 7.28. The molecule has 0 fully saturated rings. The Labute approximate surface area is 149 Å². The van der Waals surface area contributed by atoms with Crippen molar-refractivity contribution < 1.29 is 9.53 Å². The summed E-state index contributed by atoms with van der Waals surface area (Å²) in [6.45, 7) is 4.82. The van der Waals surface area contributed by atoms with Crippen LogP contribution in [-0.4, -0.2) is 25.6 Å². The summed E-state index contributed by atoms with van der Waals surface area (Å²) >= 11 is 0. The minimum Gasteiger partial charge on any atom is -0.497 e. The van der Waals surface area contributed by atoms with Gasteiger partial charge in [-0.3, -0.25) is 4.79 Å². The number of hydrogen-bond acceptors (Lipinski definition) is 3. The van der Waals surface area contributed by atoms with Crippen molar-refractivity contribution in [3.8, 4) is 5.75 Å². The fraction of sp³-hybridized carbons (Fsp3) is 0.381. The maximum Gasteiger partial charge on any atom is 0.244 e. The Hall–Kier alpha value is -2.33. The van der Waals surface area contributed by atoms with Crippen LogP contribution in [0.3, 0.4) is 0 Å². The van der Waals surface area contributed by atoms with E-state index in [0.29, 0.717) is 6.42 Å². The molecule has 0 radical (unpaired) electrons. The largest absolute Gasteiger partial charge is 0.497 e. The molecule has 1 heterocycles. The van der Waals surface area contributed by atoms with Gasteiger partial charge in [-0.15, -0.1) is 0 Å². The maximum absolute atomic E-state index is 13.0. The maximum atomic E-state index is 13.0. The van der Waals surface area contributed by atoms with E-state index in [1.54, 1.807) is 7.11 Å². The van der Waals surface area contributed by atoms with Crippen molar-refractivity contribution in [1.29, 1.82) is 0 Å². The fourth-order valence-electron chi connectivity index (χ4n) is 3.66. The Morgan fingerprint density at radius 3 is 2.60 bits per heavy atom. The lowest BCUT2D eigenvalue weighted by Gasteiger charge is -2.31. The molecule has 2 N–H and O–H groups in total. The van der Waals surface area contributed by atoms with Crippen molar-refractivity contribution >= 4 is 11.6 Å². The summed E-state index contributed by atoms with van der Waals surface area (Å²) in [4.78, 5) is 14.8. The first-order valence-corrected chi connectivity index (χ1v) is 8.80. The van der Waals surface area contributed by atoms with Crippen LogP contribution in [0.1, 0.15) is 28.7 Å². The van der Waals surface area contributed by atoms with Gasteiger partial charge in [-0.2, -0.15) is 0 Å². The molecular formula is C21H26N2O2. The normalized spacial score (nSPS) is 14.8. The molecule has 0 aromatic heterocycles. The number of methoxy groups -OCH3 is 1. The lowest BCUT2D eigenvalue weighted by molar-refractivity contribution is -0.119. The van der Waals surface area contributed by atoms with Gasteiger partial charge in [-0.25, -0.2) is 0 Å². The number of benzene rings is 2. The highest BCUT2D eigenvalue weighted by Gasteiger charge is 2.27. The molecule has 132 valence electrons. The zero-order valence-corrected chi connectivity index (χ0v) is 15.2. The van der Waals surface area contributed by atoms with Crippen LogP contribution < -0.4 is 15.4 Å². The summed E-state index contributed by atoms with van der Waals surface area (Å²) < 4.78 is 5.31. The average molecular weight is 338 g/mol. The van der Waals surface area contributed by atoms with E-state index >= 15 is 0 Å². The number of nitrogens with zero attached hydrogens (tertiary/aromatic N) is 1. The molecule has 1 aliphatic rings. The average Bonchev–Trinajstić information content (AvgIpc) is 2.63. The van der Waals surface area contributed by atoms with Crippen molar-refractivity contribution in [2.75, 3.05) is 18.6 Å². The Balaban J connectivity index is 1.81. The fourth-order valence-corrected chi connectivity index (χ4v) is 3.66. The Kier molecular flexibility index (Phi) is 5.09. The summed E-state index contributed by atoms with van der Waals surface area (Å²) in [5, 5.41) is 0. The third-order valence-corrected chi connectivity index (χ3v) is 5.02. The van der Waals surface area contributed by atoms with Crippen LogP contribution in [0.15, 0.2) is 36.4 Å². The molecule has 2 aromatic carbocycles. The van der Waals surface area contributed by atoms with Crippen LogP contribution in [0, 0.1) is 13.8 Å². The summed E-state index contributed by atoms with van der Waals surface area (Å²) in [7, 11) is 1.66. The van der Waals surface area contributed by atoms with E-state index in [-0.39, 0.29) is 5.91 Å². The molecule has 0 unspecified atom stereocenters. The molecule has 0 bridgehead atoms. The van der Waals surface area contributed by atoms with Crippen LogP contribution >= 0.6 is 0 Å². The van der Waals surface area contributed by atoms with E-state index in [0.717, 1.165) is 47.5 Å². The molecule has 0 saturated heterocycles. The summed E-state index contributed by atoms with van der Waals surface area (Å²) in [6.07, 6.45) is 2.54. The van der Waals surface area contributed by atoms with Gasteiger partial charge < -0.3 is 15.4 Å². The predicted octanol–water partition coefficient (Wildman–Crippen LogP) is 3.16. The van der Waals surface area contributed by atoms with E-state index < -0.39 is 6.04 Å². The number of para-hydroxylation sites is 1. The number of carbonyl (C=O) groups excluding carboxylic acids is 1. The first kappa shape index (κ1) is 17.5. The lowest BCUT2D eigenvalue weighted by Crippen LogP contribution is -2.47. The zero-order valence-electron chi connectivity index (χ0n) is 15.2. The van der Waals surface area contributed by atoms with Crippen molar-refractivity contribution in [3.63, 3.8) is 0 Å². The van der Waals surface area contributed by atoms with Gasteiger partial charge >= 0.3 is 0 Å². The molecule has 2 aromatic rings. The van der Waals surface area contributed by atoms with Gasteiger partial charge in [0.25, 0.3) is 0 Å². The van der Waals surface area contributed by atoms with Crippen molar-refractivity contribution in [3.05, 3.63) is 58.7 Å². The number of fused-ring (bicyclic) bond motifs is 1. The highest BCUT2D eigenvalue weighted by atomic mass is 16.5. The predicted molar refractivity (Wildman–Crippen MR) is 101 cm³/mol. The van der Waals surface area contributed by atoms with Gasteiger partial charge in [0.1, 0.15) is 5.75 Å². The van der Waals surface area contributed by atoms with Gasteiger partial charge in [-0.05, 0) is 73.6 Å². The summed E-state index contributed by atoms with van der Waals surface area (Å²) in [5.74, 6) is 0.838. The molecule has 0 spiro atoms. The smallest absolute Gasteiger partial charge is 0.244 e. The SMILES string of the molecule is COc1cc(C)c(C[C@@H](N)C(=O)N2CCCc3ccccc32)c(C)c1. The van der Waals surface area contributed by atoms with E-state index in [9.17, 15) is 4.79 Å². The van der Waals surface area contributed by atoms with Gasteiger partial charge in [0.05, 0.1) is 13.2 Å². The van der Waals surface area contributed by atoms with Crippen molar-refractivity contribution in [2.45, 2.75) is 39.2 Å². The standard InChI is InChI=1S/C21H26N2O2/c1-14-11-17(25-3)12-15(2)18(14)13-19(22)21(24)23-10-6-8-16-7-4-5-9-20(16)23/h4-5,7,9,11-12,19H,6,8,10,13,22H2,1-3H3/t19-/m1/s1. The minimum atomic E-state index is -0.544. The first-order chi connectivity index (χ1) is 12.0. The number of carbonyl (C=O) groups is 1. The highest BCUT2D eigenvalue weighted by molar-refractivity contribution is 5.98. The van der Waals surface area contributed by atoms with Gasteiger partial charge in [0, 0.05) is 12.2 Å². The molecule has 4 heteroatoms. The third-order valence-electron chi connectivity index (χ3n) is 5.02. The molecule has 3 rings (SSSR count). The van der Waals surface area contributed by atoms with E-state index in [2.05, 4.69) is 6.07 Å². The second-order valence-corrected chi connectivity index (χ2v) is 6.77. The minimum absolute atomic E-state index is 0.00164. The molecular weight excluding hydrogens is 312 g/mol. The van der Waals surface area contributed by atoms with Gasteiger partial charge in [-0.1, -0.05) is 18.2 Å². The number of rotatable bonds is 4. The molecule has 25 heavy (non-hydrogen) atoms. The van der Waals surface area contributed by atoms with E-state index in [4.69, 9.17) is 10.5 Å². The number of nitrogens with two attached hydrogens (primary N) is 1. The number of amides is 1. The molecule has 1 aliphatic heterocycles. The number of anilines is 1. The van der Waals surface area contributed by atoms with E-state index in [1.807, 2.05) is 49.1 Å². The molecule has 4 nitrogen and oxygen atoms in total. The van der Waals surface area contributed by atoms with E-state index in [1.165, 1.54) is 5.56 Å². The second-order valence-electron chi connectivity index (χ2n) is 6.77. The van der Waals surface area contributed by atoms with Gasteiger partial charge in [0.2, 0.25) is 5.91 Å². The first-order valence-electron chi connectivity index (χ1n) is 8.80. The molecule has 0 saturated carbocycles. The van der Waals surface area contributed by atoms with Gasteiger partial charge in [0.15, 0.2) is 0 Å². The molecule has 0 aliphatic carbocycles. The third kappa shape index (κ3) is 3.54. The van der Waals surface area contributed by atoms with Crippen molar-refractivity contribution in [1.82, 2.24) is 0 Å². The lowest BCUT2D eigenvalue weighted by atomic mass is 9.94. The quantitative estimate of drug-likeness (QED) is 0.932. The van der Waals surface area contributed by atoms with Crippen LogP contribution in [-0.2, 0) is 17.6 Å². The van der Waals surface area contributed by atoms with Crippen LogP contribution in [0.2, 0.25) is 0 Å². The van der Waals surface area contributed by atoms with Crippen LogP contribution in [0.4, 0.5) is 5.69 Å². The monoisotopic (exact) mass is 338 g/mol.